The summed E-state index contributed by atoms with van der Waals surface area (Å²) in [6.45, 7) is 3.78. The van der Waals surface area contributed by atoms with Crippen LogP contribution >= 0.6 is 11.6 Å². The zero-order valence-electron chi connectivity index (χ0n) is 13.6. The third-order valence-electron chi connectivity index (χ3n) is 3.30. The molecule has 0 radical (unpaired) electrons. The standard InChI is InChI=1S/C18H15ClN2O4/c1-10(2)24-12-4-5-13-14(8-17(22)25-15(13)7-12)18(23)21-16-6-3-11(19)9-20-16/h3-10H,1-2H3,(H,20,21,23). The van der Waals surface area contributed by atoms with Crippen LogP contribution in [0.5, 0.6) is 5.75 Å². The normalized spacial score (nSPS) is 10.9. The monoisotopic (exact) mass is 358 g/mol. The molecule has 0 aliphatic carbocycles. The number of carbonyl (C=O) groups excluding carboxylic acids is 1. The number of hydrogen-bond donors (Lipinski definition) is 1. The van der Waals surface area contributed by atoms with E-state index >= 15 is 0 Å². The predicted molar refractivity (Wildman–Crippen MR) is 95.4 cm³/mol. The Bertz CT molecular complexity index is 981. The van der Waals surface area contributed by atoms with Crippen molar-refractivity contribution in [1.29, 1.82) is 0 Å². The molecule has 2 heterocycles. The van der Waals surface area contributed by atoms with Crippen molar-refractivity contribution in [3.8, 4) is 5.75 Å². The molecule has 0 atom stereocenters. The first-order chi connectivity index (χ1) is 11.9. The molecule has 3 aromatic rings. The fraction of sp³-hybridized carbons (Fsp3) is 0.167. The van der Waals surface area contributed by atoms with E-state index in [0.29, 0.717) is 22.0 Å². The van der Waals surface area contributed by atoms with E-state index in [1.54, 1.807) is 30.3 Å². The molecule has 0 bridgehead atoms. The Hall–Kier alpha value is -2.86. The molecule has 2 aromatic heterocycles. The number of rotatable bonds is 4. The van der Waals surface area contributed by atoms with Crippen LogP contribution in [0.2, 0.25) is 5.02 Å². The topological polar surface area (TPSA) is 81.4 Å². The van der Waals surface area contributed by atoms with Crippen molar-refractivity contribution in [3.05, 3.63) is 63.6 Å². The number of nitrogens with zero attached hydrogens (tertiary/aromatic N) is 1. The number of aromatic nitrogens is 1. The number of hydrogen-bond acceptors (Lipinski definition) is 5. The molecule has 1 aromatic carbocycles. The van der Waals surface area contributed by atoms with Crippen LogP contribution in [0.25, 0.3) is 11.0 Å². The van der Waals surface area contributed by atoms with Gasteiger partial charge in [-0.2, -0.15) is 0 Å². The largest absolute Gasteiger partial charge is 0.491 e. The number of halogens is 1. The molecular weight excluding hydrogens is 344 g/mol. The minimum Gasteiger partial charge on any atom is -0.491 e. The van der Waals surface area contributed by atoms with Gasteiger partial charge in [-0.05, 0) is 38.1 Å². The lowest BCUT2D eigenvalue weighted by atomic mass is 10.1. The lowest BCUT2D eigenvalue weighted by Crippen LogP contribution is -2.16. The first-order valence-corrected chi connectivity index (χ1v) is 7.97. The van der Waals surface area contributed by atoms with Crippen molar-refractivity contribution in [2.75, 3.05) is 5.32 Å². The van der Waals surface area contributed by atoms with Gasteiger partial charge in [-0.1, -0.05) is 11.6 Å². The lowest BCUT2D eigenvalue weighted by Gasteiger charge is -2.11. The van der Waals surface area contributed by atoms with E-state index in [1.807, 2.05) is 13.8 Å². The lowest BCUT2D eigenvalue weighted by molar-refractivity contribution is 0.102. The van der Waals surface area contributed by atoms with Gasteiger partial charge in [0, 0.05) is 23.7 Å². The first-order valence-electron chi connectivity index (χ1n) is 7.60. The molecule has 7 heteroatoms. The van der Waals surface area contributed by atoms with Crippen molar-refractivity contribution in [2.45, 2.75) is 20.0 Å². The molecule has 128 valence electrons. The van der Waals surface area contributed by atoms with Crippen molar-refractivity contribution >= 4 is 34.3 Å². The number of fused-ring (bicyclic) bond motifs is 1. The third-order valence-corrected chi connectivity index (χ3v) is 3.52. The quantitative estimate of drug-likeness (QED) is 0.716. The second kappa shape index (κ2) is 6.94. The van der Waals surface area contributed by atoms with Crippen molar-refractivity contribution < 1.29 is 13.9 Å². The Morgan fingerprint density at radius 3 is 2.72 bits per heavy atom. The van der Waals surface area contributed by atoms with Gasteiger partial charge in [-0.15, -0.1) is 0 Å². The summed E-state index contributed by atoms with van der Waals surface area (Å²) < 4.78 is 10.8. The Morgan fingerprint density at radius 2 is 2.04 bits per heavy atom. The molecule has 25 heavy (non-hydrogen) atoms. The molecule has 3 rings (SSSR count). The summed E-state index contributed by atoms with van der Waals surface area (Å²) in [6.07, 6.45) is 1.40. The van der Waals surface area contributed by atoms with Crippen LogP contribution in [0.4, 0.5) is 5.82 Å². The van der Waals surface area contributed by atoms with Crippen LogP contribution < -0.4 is 15.7 Å². The van der Waals surface area contributed by atoms with E-state index in [1.165, 1.54) is 6.20 Å². The smallest absolute Gasteiger partial charge is 0.337 e. The van der Waals surface area contributed by atoms with Crippen LogP contribution in [0.1, 0.15) is 24.2 Å². The molecule has 0 aliphatic rings. The van der Waals surface area contributed by atoms with Crippen molar-refractivity contribution in [1.82, 2.24) is 4.98 Å². The summed E-state index contributed by atoms with van der Waals surface area (Å²) in [5, 5.41) is 3.59. The van der Waals surface area contributed by atoms with E-state index < -0.39 is 11.5 Å². The van der Waals surface area contributed by atoms with Gasteiger partial charge in [0.2, 0.25) is 0 Å². The van der Waals surface area contributed by atoms with Gasteiger partial charge in [-0.3, -0.25) is 4.79 Å². The molecule has 1 amide bonds. The highest BCUT2D eigenvalue weighted by atomic mass is 35.5. The Balaban J connectivity index is 1.98. The number of carbonyl (C=O) groups is 1. The SMILES string of the molecule is CC(C)Oc1ccc2c(C(=O)Nc3ccc(Cl)cn3)cc(=O)oc2c1. The average Bonchev–Trinajstić information content (AvgIpc) is 2.55. The summed E-state index contributed by atoms with van der Waals surface area (Å²) in [6, 6.07) is 9.32. The summed E-state index contributed by atoms with van der Waals surface area (Å²) >= 11 is 5.77. The fourth-order valence-corrected chi connectivity index (χ4v) is 2.42. The molecule has 0 saturated carbocycles. The average molecular weight is 359 g/mol. The van der Waals surface area contributed by atoms with Crippen molar-refractivity contribution in [3.63, 3.8) is 0 Å². The first kappa shape index (κ1) is 17.0. The second-order valence-corrected chi connectivity index (χ2v) is 6.06. The van der Waals surface area contributed by atoms with Crippen LogP contribution in [0, 0.1) is 0 Å². The van der Waals surface area contributed by atoms with Gasteiger partial charge >= 0.3 is 5.63 Å². The summed E-state index contributed by atoms with van der Waals surface area (Å²) in [7, 11) is 0. The van der Waals surface area contributed by atoms with E-state index in [0.717, 1.165) is 6.07 Å². The number of amides is 1. The second-order valence-electron chi connectivity index (χ2n) is 5.62. The molecule has 0 spiro atoms. The summed E-state index contributed by atoms with van der Waals surface area (Å²) in [5.41, 5.74) is -0.151. The number of ether oxygens (including phenoxy) is 1. The van der Waals surface area contributed by atoms with Crippen LogP contribution in [-0.2, 0) is 0 Å². The van der Waals surface area contributed by atoms with Gasteiger partial charge in [0.1, 0.15) is 17.2 Å². The predicted octanol–water partition coefficient (Wildman–Crippen LogP) is 3.88. The van der Waals surface area contributed by atoms with Gasteiger partial charge in [-0.25, -0.2) is 9.78 Å². The van der Waals surface area contributed by atoms with Gasteiger partial charge < -0.3 is 14.5 Å². The molecule has 0 unspecified atom stereocenters. The zero-order chi connectivity index (χ0) is 18.0. The van der Waals surface area contributed by atoms with E-state index in [2.05, 4.69) is 10.3 Å². The Morgan fingerprint density at radius 1 is 1.24 bits per heavy atom. The third kappa shape index (κ3) is 3.97. The Kier molecular flexibility index (Phi) is 4.72. The number of pyridine rings is 1. The van der Waals surface area contributed by atoms with E-state index in [4.69, 9.17) is 20.8 Å². The minimum absolute atomic E-state index is 0.0216. The molecule has 6 nitrogen and oxygen atoms in total. The highest BCUT2D eigenvalue weighted by molar-refractivity contribution is 6.30. The van der Waals surface area contributed by atoms with Crippen molar-refractivity contribution in [2.24, 2.45) is 0 Å². The molecule has 0 aliphatic heterocycles. The highest BCUT2D eigenvalue weighted by Crippen LogP contribution is 2.24. The van der Waals surface area contributed by atoms with Crippen LogP contribution in [0.15, 0.2) is 51.8 Å². The zero-order valence-corrected chi connectivity index (χ0v) is 14.3. The molecular formula is C18H15ClN2O4. The van der Waals surface area contributed by atoms with Crippen LogP contribution in [0.3, 0.4) is 0 Å². The fourth-order valence-electron chi connectivity index (χ4n) is 2.31. The maximum Gasteiger partial charge on any atom is 0.337 e. The molecule has 1 N–H and O–H groups in total. The minimum atomic E-state index is -0.622. The number of benzene rings is 1. The van der Waals surface area contributed by atoms with Gasteiger partial charge in [0.25, 0.3) is 5.91 Å². The molecule has 0 fully saturated rings. The van der Waals surface area contributed by atoms with E-state index in [9.17, 15) is 9.59 Å². The van der Waals surface area contributed by atoms with Gasteiger partial charge in [0.05, 0.1) is 16.7 Å². The number of anilines is 1. The highest BCUT2D eigenvalue weighted by Gasteiger charge is 2.15. The maximum atomic E-state index is 12.5. The van der Waals surface area contributed by atoms with E-state index in [-0.39, 0.29) is 17.3 Å². The summed E-state index contributed by atoms with van der Waals surface area (Å²) in [4.78, 5) is 28.4. The molecule has 0 saturated heterocycles. The number of nitrogens with one attached hydrogen (secondary N) is 1. The van der Waals surface area contributed by atoms with Crippen LogP contribution in [-0.4, -0.2) is 17.0 Å². The maximum absolute atomic E-state index is 12.5. The summed E-state index contributed by atoms with van der Waals surface area (Å²) in [5.74, 6) is 0.420. The van der Waals surface area contributed by atoms with Gasteiger partial charge in [0.15, 0.2) is 0 Å². The Labute approximate surface area is 148 Å².